The smallest absolute Gasteiger partial charge is 0.276 e. The number of nitro groups is 1. The molecule has 2 rings (SSSR count). The number of carbonyl (C=O) groups is 1. The van der Waals surface area contributed by atoms with Gasteiger partial charge in [0.15, 0.2) is 0 Å². The Morgan fingerprint density at radius 1 is 1.20 bits per heavy atom. The third-order valence-corrected chi connectivity index (χ3v) is 3.84. The van der Waals surface area contributed by atoms with Crippen LogP contribution in [-0.2, 0) is 10.0 Å². The van der Waals surface area contributed by atoms with Crippen molar-refractivity contribution in [2.75, 3.05) is 16.3 Å². The van der Waals surface area contributed by atoms with Crippen LogP contribution < -0.4 is 10.0 Å². The minimum atomic E-state index is -3.58. The van der Waals surface area contributed by atoms with Crippen molar-refractivity contribution in [1.82, 2.24) is 0 Å². The van der Waals surface area contributed by atoms with E-state index < -0.39 is 32.4 Å². The number of halogens is 1. The highest BCUT2D eigenvalue weighted by Crippen LogP contribution is 2.26. The molecule has 2 N–H and O–H groups in total. The molecule has 0 aromatic heterocycles. The van der Waals surface area contributed by atoms with Gasteiger partial charge in [0.05, 0.1) is 28.1 Å². The van der Waals surface area contributed by atoms with Crippen molar-refractivity contribution in [2.24, 2.45) is 0 Å². The van der Waals surface area contributed by atoms with Crippen molar-refractivity contribution in [2.45, 2.75) is 6.92 Å². The third kappa shape index (κ3) is 4.51. The first-order chi connectivity index (χ1) is 11.6. The summed E-state index contributed by atoms with van der Waals surface area (Å²) in [6.45, 7) is 1.24. The number of nitrogens with one attached hydrogen (secondary N) is 2. The molecule has 0 heterocycles. The highest BCUT2D eigenvalue weighted by atomic mass is 32.2. The lowest BCUT2D eigenvalue weighted by atomic mass is 10.1. The number of sulfonamides is 1. The van der Waals surface area contributed by atoms with Crippen molar-refractivity contribution in [3.8, 4) is 0 Å². The van der Waals surface area contributed by atoms with Crippen LogP contribution in [-0.4, -0.2) is 25.5 Å². The second-order valence-electron chi connectivity index (χ2n) is 5.23. The van der Waals surface area contributed by atoms with E-state index in [4.69, 9.17) is 0 Å². The molecule has 0 aliphatic carbocycles. The molecular weight excluding hydrogens is 353 g/mol. The molecule has 0 atom stereocenters. The maximum absolute atomic E-state index is 13.8. The van der Waals surface area contributed by atoms with Gasteiger partial charge in [-0.3, -0.25) is 19.6 Å². The summed E-state index contributed by atoms with van der Waals surface area (Å²) >= 11 is 0. The predicted octanol–water partition coefficient (Wildman–Crippen LogP) is 2.67. The molecule has 8 nitrogen and oxygen atoms in total. The first-order valence-corrected chi connectivity index (χ1v) is 8.80. The fourth-order valence-electron chi connectivity index (χ4n) is 2.06. The molecule has 0 saturated heterocycles. The number of nitrogens with zero attached hydrogens (tertiary/aromatic N) is 1. The molecule has 2 aromatic carbocycles. The van der Waals surface area contributed by atoms with E-state index in [-0.39, 0.29) is 22.5 Å². The van der Waals surface area contributed by atoms with E-state index in [0.29, 0.717) is 0 Å². The minimum Gasteiger partial charge on any atom is -0.320 e. The van der Waals surface area contributed by atoms with Crippen molar-refractivity contribution in [1.29, 1.82) is 0 Å². The molecule has 0 fully saturated rings. The van der Waals surface area contributed by atoms with Gasteiger partial charge in [0.1, 0.15) is 5.82 Å². The minimum absolute atomic E-state index is 0.112. The first kappa shape index (κ1) is 18.3. The standard InChI is InChI=1S/C15H14FN3O5S/c1-9-11(16)7-10(8-14(9)19(21)22)15(20)17-12-5-3-4-6-13(12)18-25(2,23)24/h3-8,18H,1-2H3,(H,17,20). The van der Waals surface area contributed by atoms with Crippen LogP contribution in [0.2, 0.25) is 0 Å². The Hall–Kier alpha value is -3.01. The van der Waals surface area contributed by atoms with Crippen LogP contribution in [0.25, 0.3) is 0 Å². The summed E-state index contributed by atoms with van der Waals surface area (Å²) in [6.07, 6.45) is 0.949. The number of carbonyl (C=O) groups excluding carboxylic acids is 1. The number of hydrogen-bond acceptors (Lipinski definition) is 5. The van der Waals surface area contributed by atoms with Gasteiger partial charge >= 0.3 is 0 Å². The van der Waals surface area contributed by atoms with E-state index in [1.165, 1.54) is 19.1 Å². The first-order valence-electron chi connectivity index (χ1n) is 6.91. The fraction of sp³-hybridized carbons (Fsp3) is 0.133. The molecule has 2 aromatic rings. The average Bonchev–Trinajstić information content (AvgIpc) is 2.50. The van der Waals surface area contributed by atoms with Gasteiger partial charge in [-0.05, 0) is 25.1 Å². The van der Waals surface area contributed by atoms with Crippen molar-refractivity contribution >= 4 is 33.0 Å². The third-order valence-electron chi connectivity index (χ3n) is 3.25. The van der Waals surface area contributed by atoms with Crippen molar-refractivity contribution in [3.63, 3.8) is 0 Å². The van der Waals surface area contributed by atoms with Crippen LogP contribution in [0.4, 0.5) is 21.5 Å². The number of nitro benzene ring substituents is 1. The Morgan fingerprint density at radius 2 is 1.80 bits per heavy atom. The maximum Gasteiger partial charge on any atom is 0.276 e. The molecule has 0 unspecified atom stereocenters. The second-order valence-corrected chi connectivity index (χ2v) is 6.98. The molecule has 0 aliphatic heterocycles. The molecule has 0 aliphatic rings. The number of hydrogen-bond donors (Lipinski definition) is 2. The van der Waals surface area contributed by atoms with Gasteiger partial charge in [-0.2, -0.15) is 0 Å². The van der Waals surface area contributed by atoms with Gasteiger partial charge in [0.25, 0.3) is 11.6 Å². The lowest BCUT2D eigenvalue weighted by molar-refractivity contribution is -0.385. The molecule has 1 amide bonds. The SMILES string of the molecule is Cc1c(F)cc(C(=O)Nc2ccccc2NS(C)(=O)=O)cc1[N+](=O)[O-]. The number of amides is 1. The van der Waals surface area contributed by atoms with Gasteiger partial charge in [0.2, 0.25) is 10.0 Å². The zero-order valence-corrected chi connectivity index (χ0v) is 14.1. The summed E-state index contributed by atoms with van der Waals surface area (Å²) in [6, 6.07) is 7.81. The highest BCUT2D eigenvalue weighted by molar-refractivity contribution is 7.92. The Bertz CT molecular complexity index is 960. The predicted molar refractivity (Wildman–Crippen MR) is 90.7 cm³/mol. The molecule has 0 saturated carbocycles. The topological polar surface area (TPSA) is 118 Å². The van der Waals surface area contributed by atoms with E-state index >= 15 is 0 Å². The Kier molecular flexibility index (Phi) is 5.02. The monoisotopic (exact) mass is 367 g/mol. The number of anilines is 2. The number of benzene rings is 2. The van der Waals surface area contributed by atoms with Crippen molar-refractivity contribution < 1.29 is 22.5 Å². The molecule has 10 heteroatoms. The normalized spacial score (nSPS) is 11.0. The van der Waals surface area contributed by atoms with Gasteiger partial charge in [-0.15, -0.1) is 0 Å². The van der Waals surface area contributed by atoms with Crippen LogP contribution in [0, 0.1) is 22.9 Å². The van der Waals surface area contributed by atoms with Crippen LogP contribution in [0.15, 0.2) is 36.4 Å². The lowest BCUT2D eigenvalue weighted by Crippen LogP contribution is -2.16. The Morgan fingerprint density at radius 3 is 2.36 bits per heavy atom. The van der Waals surface area contributed by atoms with E-state index in [2.05, 4.69) is 10.0 Å². The van der Waals surface area contributed by atoms with Crippen LogP contribution >= 0.6 is 0 Å². The van der Waals surface area contributed by atoms with E-state index in [0.717, 1.165) is 18.4 Å². The molecule has 132 valence electrons. The highest BCUT2D eigenvalue weighted by Gasteiger charge is 2.20. The Labute approximate surface area is 142 Å². The van der Waals surface area contributed by atoms with E-state index in [9.17, 15) is 27.7 Å². The maximum atomic E-state index is 13.8. The fourth-order valence-corrected chi connectivity index (χ4v) is 2.64. The molecule has 0 radical (unpaired) electrons. The van der Waals surface area contributed by atoms with Crippen LogP contribution in [0.5, 0.6) is 0 Å². The van der Waals surface area contributed by atoms with E-state index in [1.54, 1.807) is 12.1 Å². The molecule has 0 spiro atoms. The van der Waals surface area contributed by atoms with Gasteiger partial charge in [-0.25, -0.2) is 12.8 Å². The van der Waals surface area contributed by atoms with Crippen LogP contribution in [0.1, 0.15) is 15.9 Å². The zero-order chi connectivity index (χ0) is 18.8. The summed E-state index contributed by atoms with van der Waals surface area (Å²) < 4.78 is 38.8. The van der Waals surface area contributed by atoms with Gasteiger partial charge in [-0.1, -0.05) is 12.1 Å². The summed E-state index contributed by atoms with van der Waals surface area (Å²) in [5, 5.41) is 13.4. The largest absolute Gasteiger partial charge is 0.320 e. The number of rotatable bonds is 5. The van der Waals surface area contributed by atoms with Gasteiger partial charge in [0, 0.05) is 11.6 Å². The molecular formula is C15H14FN3O5S. The van der Waals surface area contributed by atoms with E-state index in [1.807, 2.05) is 0 Å². The average molecular weight is 367 g/mol. The van der Waals surface area contributed by atoms with Crippen molar-refractivity contribution in [3.05, 3.63) is 63.5 Å². The summed E-state index contributed by atoms with van der Waals surface area (Å²) in [7, 11) is -3.58. The summed E-state index contributed by atoms with van der Waals surface area (Å²) in [5.41, 5.74) is -0.723. The quantitative estimate of drug-likeness (QED) is 0.622. The molecule has 25 heavy (non-hydrogen) atoms. The summed E-state index contributed by atoms with van der Waals surface area (Å²) in [4.78, 5) is 22.5. The second kappa shape index (κ2) is 6.85. The molecule has 0 bridgehead atoms. The van der Waals surface area contributed by atoms with Gasteiger partial charge < -0.3 is 5.32 Å². The number of para-hydroxylation sites is 2. The Balaban J connectivity index is 2.37. The lowest BCUT2D eigenvalue weighted by Gasteiger charge is -2.12. The zero-order valence-electron chi connectivity index (χ0n) is 13.2. The van der Waals surface area contributed by atoms with Crippen LogP contribution in [0.3, 0.4) is 0 Å². The summed E-state index contributed by atoms with van der Waals surface area (Å²) in [5.74, 6) is -1.70.